The molecule has 1 N–H and O–H groups in total. The molecular weight excluding hydrogens is 373 g/mol. The van der Waals surface area contributed by atoms with E-state index in [-0.39, 0.29) is 24.9 Å². The minimum Gasteiger partial charge on any atom is -0.391 e. The molecule has 1 aromatic heterocycles. The summed E-state index contributed by atoms with van der Waals surface area (Å²) in [5, 5.41) is 12.1. The number of amides is 1. The Labute approximate surface area is 153 Å². The van der Waals surface area contributed by atoms with E-state index in [9.17, 15) is 4.79 Å². The number of aromatic nitrogens is 3. The van der Waals surface area contributed by atoms with E-state index in [1.165, 1.54) is 18.0 Å². The molecule has 0 radical (unpaired) electrons. The number of nitrogens with one attached hydrogen (secondary N) is 1. The number of benzene rings is 1. The van der Waals surface area contributed by atoms with Crippen LogP contribution in [-0.2, 0) is 23.3 Å². The van der Waals surface area contributed by atoms with Gasteiger partial charge < -0.3 is 4.84 Å². The second-order valence-electron chi connectivity index (χ2n) is 4.60. The highest BCUT2D eigenvalue weighted by Gasteiger charge is 2.08. The van der Waals surface area contributed by atoms with Gasteiger partial charge in [0.1, 0.15) is 6.61 Å². The van der Waals surface area contributed by atoms with Gasteiger partial charge >= 0.3 is 0 Å². The van der Waals surface area contributed by atoms with Gasteiger partial charge in [0.15, 0.2) is 5.16 Å². The lowest BCUT2D eigenvalue weighted by atomic mass is 10.2. The van der Waals surface area contributed by atoms with Crippen molar-refractivity contribution in [1.29, 1.82) is 0 Å². The zero-order valence-corrected chi connectivity index (χ0v) is 15.3. The molecule has 1 aromatic carbocycles. The Morgan fingerprint density at radius 2 is 2.29 bits per heavy atom. The number of carbonyl (C=O) groups is 1. The summed E-state index contributed by atoms with van der Waals surface area (Å²) in [6.07, 6.45) is 3.28. The van der Waals surface area contributed by atoms with Crippen LogP contribution < -0.4 is 5.32 Å². The predicted octanol–water partition coefficient (Wildman–Crippen LogP) is 3.38. The van der Waals surface area contributed by atoms with Gasteiger partial charge in [-0.1, -0.05) is 46.2 Å². The Balaban J connectivity index is 1.75. The van der Waals surface area contributed by atoms with Crippen LogP contribution >= 0.6 is 35.0 Å². The van der Waals surface area contributed by atoms with E-state index < -0.39 is 0 Å². The molecule has 0 bridgehead atoms. The number of halogens is 2. The molecule has 0 unspecified atom stereocenters. The minimum atomic E-state index is -0.287. The second-order valence-corrected chi connectivity index (χ2v) is 6.21. The first-order valence-corrected chi connectivity index (χ1v) is 8.80. The van der Waals surface area contributed by atoms with Crippen molar-refractivity contribution in [2.45, 2.75) is 18.2 Å². The lowest BCUT2D eigenvalue weighted by Gasteiger charge is -2.03. The van der Waals surface area contributed by atoms with Crippen LogP contribution in [0.3, 0.4) is 0 Å². The maximum absolute atomic E-state index is 11.8. The van der Waals surface area contributed by atoms with Gasteiger partial charge in [0.05, 0.1) is 12.6 Å². The van der Waals surface area contributed by atoms with Crippen LogP contribution in [0.1, 0.15) is 12.0 Å². The number of thioether (sulfide) groups is 1. The SMILES string of the molecule is CSc1nc(NC(=O)C/C=N/OCc2ccc(Cl)cc2Cl)nn1C. The van der Waals surface area contributed by atoms with Crippen molar-refractivity contribution in [3.63, 3.8) is 0 Å². The molecule has 0 spiro atoms. The molecule has 128 valence electrons. The first-order chi connectivity index (χ1) is 11.5. The third kappa shape index (κ3) is 5.40. The molecule has 2 aromatic rings. The fraction of sp³-hybridized carbons (Fsp3) is 0.286. The monoisotopic (exact) mass is 387 g/mol. The van der Waals surface area contributed by atoms with Crippen molar-refractivity contribution in [1.82, 2.24) is 14.8 Å². The molecular formula is C14H15Cl2N5O2S. The van der Waals surface area contributed by atoms with E-state index >= 15 is 0 Å². The summed E-state index contributed by atoms with van der Waals surface area (Å²) in [4.78, 5) is 21.0. The van der Waals surface area contributed by atoms with Crippen LogP contribution in [0.2, 0.25) is 10.0 Å². The van der Waals surface area contributed by atoms with Gasteiger partial charge in [0.25, 0.3) is 0 Å². The highest BCUT2D eigenvalue weighted by atomic mass is 35.5. The zero-order chi connectivity index (χ0) is 17.5. The van der Waals surface area contributed by atoms with Gasteiger partial charge in [0, 0.05) is 22.7 Å². The van der Waals surface area contributed by atoms with Crippen LogP contribution in [-0.4, -0.2) is 33.1 Å². The van der Waals surface area contributed by atoms with Gasteiger partial charge in [-0.25, -0.2) is 4.68 Å². The van der Waals surface area contributed by atoms with E-state index in [0.717, 1.165) is 5.56 Å². The van der Waals surface area contributed by atoms with E-state index in [0.29, 0.717) is 15.2 Å². The van der Waals surface area contributed by atoms with Gasteiger partial charge in [-0.3, -0.25) is 10.1 Å². The van der Waals surface area contributed by atoms with Gasteiger partial charge in [-0.2, -0.15) is 4.98 Å². The fourth-order valence-corrected chi connectivity index (χ4v) is 2.64. The normalized spacial score (nSPS) is 11.0. The van der Waals surface area contributed by atoms with E-state index in [1.807, 2.05) is 6.26 Å². The van der Waals surface area contributed by atoms with Gasteiger partial charge in [-0.05, 0) is 18.4 Å². The summed E-state index contributed by atoms with van der Waals surface area (Å²) >= 11 is 13.3. The second kappa shape index (κ2) is 8.91. The first-order valence-electron chi connectivity index (χ1n) is 6.82. The highest BCUT2D eigenvalue weighted by molar-refractivity contribution is 7.98. The van der Waals surface area contributed by atoms with Crippen LogP contribution in [0, 0.1) is 0 Å². The largest absolute Gasteiger partial charge is 0.391 e. The average Bonchev–Trinajstić information content (AvgIpc) is 2.88. The Kier molecular flexibility index (Phi) is 6.89. The number of nitrogens with zero attached hydrogens (tertiary/aromatic N) is 4. The third-order valence-electron chi connectivity index (χ3n) is 2.82. The van der Waals surface area contributed by atoms with Crippen molar-refractivity contribution < 1.29 is 9.63 Å². The lowest BCUT2D eigenvalue weighted by molar-refractivity contribution is -0.115. The van der Waals surface area contributed by atoms with E-state index in [4.69, 9.17) is 28.0 Å². The molecule has 0 aliphatic heterocycles. The summed E-state index contributed by atoms with van der Waals surface area (Å²) in [6, 6.07) is 5.09. The van der Waals surface area contributed by atoms with Gasteiger partial charge in [-0.15, -0.1) is 5.10 Å². The number of hydrogen-bond acceptors (Lipinski definition) is 6. The fourth-order valence-electron chi connectivity index (χ4n) is 1.70. The standard InChI is InChI=1S/C14H15Cl2N5O2S/c1-21-14(24-2)19-13(20-21)18-12(22)5-6-17-23-8-9-3-4-10(15)7-11(9)16/h3-4,6-7H,5,8H2,1-2H3,(H,18,20,22)/b17-6+. The maximum Gasteiger partial charge on any atom is 0.249 e. The molecule has 1 heterocycles. The molecule has 24 heavy (non-hydrogen) atoms. The molecule has 0 saturated heterocycles. The highest BCUT2D eigenvalue weighted by Crippen LogP contribution is 2.21. The number of hydrogen-bond donors (Lipinski definition) is 1. The molecule has 2 rings (SSSR count). The molecule has 0 aliphatic rings. The topological polar surface area (TPSA) is 81.4 Å². The third-order valence-corrected chi connectivity index (χ3v) is 4.13. The molecule has 0 fully saturated rings. The predicted molar refractivity (Wildman–Crippen MR) is 95.8 cm³/mol. The molecule has 0 atom stereocenters. The van der Waals surface area contributed by atoms with E-state index in [1.54, 1.807) is 29.9 Å². The number of carbonyl (C=O) groups excluding carboxylic acids is 1. The lowest BCUT2D eigenvalue weighted by Crippen LogP contribution is -2.13. The zero-order valence-electron chi connectivity index (χ0n) is 13.0. The maximum atomic E-state index is 11.8. The van der Waals surface area contributed by atoms with Gasteiger partial charge in [0.2, 0.25) is 11.9 Å². The number of oxime groups is 1. The Morgan fingerprint density at radius 1 is 1.50 bits per heavy atom. The summed E-state index contributed by atoms with van der Waals surface area (Å²) in [5.74, 6) is -0.0285. The summed E-state index contributed by atoms with van der Waals surface area (Å²) in [7, 11) is 1.76. The Bertz CT molecular complexity index is 751. The van der Waals surface area contributed by atoms with E-state index in [2.05, 4.69) is 20.6 Å². The van der Waals surface area contributed by atoms with Crippen molar-refractivity contribution in [3.8, 4) is 0 Å². The quantitative estimate of drug-likeness (QED) is 0.447. The molecule has 0 saturated carbocycles. The summed E-state index contributed by atoms with van der Waals surface area (Å²) < 4.78 is 1.59. The number of anilines is 1. The molecule has 7 nitrogen and oxygen atoms in total. The summed E-state index contributed by atoms with van der Waals surface area (Å²) in [6.45, 7) is 0.188. The summed E-state index contributed by atoms with van der Waals surface area (Å²) in [5.41, 5.74) is 0.755. The van der Waals surface area contributed by atoms with Crippen LogP contribution in [0.25, 0.3) is 0 Å². The molecule has 0 aliphatic carbocycles. The number of rotatable bonds is 7. The van der Waals surface area contributed by atoms with Crippen molar-refractivity contribution >= 4 is 53.0 Å². The van der Waals surface area contributed by atoms with Crippen LogP contribution in [0.5, 0.6) is 0 Å². The van der Waals surface area contributed by atoms with Crippen molar-refractivity contribution in [2.24, 2.45) is 12.2 Å². The number of aryl methyl sites for hydroxylation is 1. The minimum absolute atomic E-state index is 0.0429. The van der Waals surface area contributed by atoms with Crippen molar-refractivity contribution in [2.75, 3.05) is 11.6 Å². The molecule has 10 heteroatoms. The van der Waals surface area contributed by atoms with Crippen LogP contribution in [0.15, 0.2) is 28.5 Å². The smallest absolute Gasteiger partial charge is 0.249 e. The van der Waals surface area contributed by atoms with Crippen LogP contribution in [0.4, 0.5) is 5.95 Å². The molecule has 1 amide bonds. The van der Waals surface area contributed by atoms with Crippen molar-refractivity contribution in [3.05, 3.63) is 33.8 Å². The Morgan fingerprint density at radius 3 is 2.96 bits per heavy atom. The average molecular weight is 388 g/mol. The Hall–Kier alpha value is -1.77. The first kappa shape index (κ1) is 18.6.